The maximum atomic E-state index is 12.2. The van der Waals surface area contributed by atoms with Crippen molar-refractivity contribution in [1.29, 1.82) is 0 Å². The molecule has 2 heterocycles. The molecule has 0 aromatic carbocycles. The molecule has 6 nitrogen and oxygen atoms in total. The second-order valence-electron chi connectivity index (χ2n) is 4.23. The average molecular weight is 269 g/mol. The molecule has 4 N–H and O–H groups in total. The van der Waals surface area contributed by atoms with Gasteiger partial charge in [-0.25, -0.2) is 4.98 Å². The van der Waals surface area contributed by atoms with Crippen LogP contribution in [0.4, 0.5) is 5.69 Å². The molecule has 0 radical (unpaired) electrons. The van der Waals surface area contributed by atoms with Crippen molar-refractivity contribution in [3.05, 3.63) is 23.0 Å². The zero-order chi connectivity index (χ0) is 13.3. The Morgan fingerprint density at radius 3 is 2.83 bits per heavy atom. The minimum Gasteiger partial charge on any atom is -0.397 e. The molecule has 18 heavy (non-hydrogen) atoms. The molecular weight excluding hydrogens is 256 g/mol. The van der Waals surface area contributed by atoms with Gasteiger partial charge >= 0.3 is 0 Å². The van der Waals surface area contributed by atoms with Crippen molar-refractivity contribution < 1.29 is 9.59 Å². The Balaban J connectivity index is 2.17. The minimum atomic E-state index is -0.383. The lowest BCUT2D eigenvalue weighted by molar-refractivity contribution is -0.121. The van der Waals surface area contributed by atoms with E-state index in [1.54, 1.807) is 4.90 Å². The van der Waals surface area contributed by atoms with E-state index in [1.165, 1.54) is 12.3 Å². The van der Waals surface area contributed by atoms with Crippen molar-refractivity contribution in [3.63, 3.8) is 0 Å². The molecule has 0 aliphatic carbocycles. The second kappa shape index (κ2) is 4.81. The molecule has 96 valence electrons. The SMILES string of the molecule is NC(=O)C1CCN(C(=O)c2cc(Cl)ncc2N)C1. The first-order chi connectivity index (χ1) is 8.49. The summed E-state index contributed by atoms with van der Waals surface area (Å²) < 4.78 is 0. The predicted molar refractivity (Wildman–Crippen MR) is 66.9 cm³/mol. The molecular formula is C11H13ClN4O2. The lowest BCUT2D eigenvalue weighted by Gasteiger charge is -2.17. The van der Waals surface area contributed by atoms with Gasteiger partial charge < -0.3 is 16.4 Å². The molecule has 1 unspecified atom stereocenters. The van der Waals surface area contributed by atoms with Crippen molar-refractivity contribution in [3.8, 4) is 0 Å². The van der Waals surface area contributed by atoms with E-state index in [-0.39, 0.29) is 28.6 Å². The maximum Gasteiger partial charge on any atom is 0.256 e. The number of anilines is 1. The zero-order valence-electron chi connectivity index (χ0n) is 9.60. The number of likely N-dealkylation sites (tertiary alicyclic amines) is 1. The first-order valence-corrected chi connectivity index (χ1v) is 5.86. The van der Waals surface area contributed by atoms with E-state index < -0.39 is 0 Å². The van der Waals surface area contributed by atoms with Crippen molar-refractivity contribution >= 4 is 29.1 Å². The van der Waals surface area contributed by atoms with E-state index in [0.717, 1.165) is 0 Å². The second-order valence-corrected chi connectivity index (χ2v) is 4.62. The van der Waals surface area contributed by atoms with Gasteiger partial charge in [-0.2, -0.15) is 0 Å². The molecule has 7 heteroatoms. The Bertz CT molecular complexity index is 506. The van der Waals surface area contributed by atoms with Crippen LogP contribution in [0.15, 0.2) is 12.3 Å². The molecule has 1 aromatic heterocycles. The number of hydrogen-bond acceptors (Lipinski definition) is 4. The molecule has 1 aliphatic rings. The maximum absolute atomic E-state index is 12.2. The normalized spacial score (nSPS) is 18.9. The highest BCUT2D eigenvalue weighted by Gasteiger charge is 2.30. The highest BCUT2D eigenvalue weighted by Crippen LogP contribution is 2.22. The van der Waals surface area contributed by atoms with Gasteiger partial charge in [0, 0.05) is 13.1 Å². The number of rotatable bonds is 2. The predicted octanol–water partition coefficient (Wildman–Crippen LogP) is 0.265. The summed E-state index contributed by atoms with van der Waals surface area (Å²) in [5, 5.41) is 0.207. The molecule has 2 rings (SSSR count). The Hall–Kier alpha value is -1.82. The van der Waals surface area contributed by atoms with Crippen LogP contribution in [0.25, 0.3) is 0 Å². The Morgan fingerprint density at radius 1 is 1.50 bits per heavy atom. The van der Waals surface area contributed by atoms with Gasteiger partial charge in [0.15, 0.2) is 0 Å². The largest absolute Gasteiger partial charge is 0.397 e. The van der Waals surface area contributed by atoms with E-state index in [1.807, 2.05) is 0 Å². The number of amides is 2. The summed E-state index contributed by atoms with van der Waals surface area (Å²) in [6.07, 6.45) is 1.93. The van der Waals surface area contributed by atoms with Gasteiger partial charge in [0.25, 0.3) is 5.91 Å². The van der Waals surface area contributed by atoms with Crippen LogP contribution >= 0.6 is 11.6 Å². The third-order valence-electron chi connectivity index (χ3n) is 3.01. The molecule has 1 atom stereocenters. The monoisotopic (exact) mass is 268 g/mol. The van der Waals surface area contributed by atoms with Crippen molar-refractivity contribution in [2.75, 3.05) is 18.8 Å². The van der Waals surface area contributed by atoms with Crippen molar-refractivity contribution in [2.45, 2.75) is 6.42 Å². The van der Waals surface area contributed by atoms with E-state index in [2.05, 4.69) is 4.98 Å². The highest BCUT2D eigenvalue weighted by atomic mass is 35.5. The van der Waals surface area contributed by atoms with E-state index >= 15 is 0 Å². The summed E-state index contributed by atoms with van der Waals surface area (Å²) in [5.41, 5.74) is 11.5. The van der Waals surface area contributed by atoms with Gasteiger partial charge in [-0.3, -0.25) is 9.59 Å². The number of halogens is 1. The fourth-order valence-electron chi connectivity index (χ4n) is 1.97. The number of hydrogen-bond donors (Lipinski definition) is 2. The summed E-state index contributed by atoms with van der Waals surface area (Å²) >= 11 is 5.74. The number of nitrogen functional groups attached to an aromatic ring is 1. The summed E-state index contributed by atoms with van der Waals surface area (Å²) in [5.74, 6) is -0.918. The zero-order valence-corrected chi connectivity index (χ0v) is 10.4. The molecule has 0 bridgehead atoms. The van der Waals surface area contributed by atoms with Crippen molar-refractivity contribution in [2.24, 2.45) is 11.7 Å². The van der Waals surface area contributed by atoms with Gasteiger partial charge in [0.05, 0.1) is 23.4 Å². The lowest BCUT2D eigenvalue weighted by Crippen LogP contribution is -2.32. The van der Waals surface area contributed by atoms with Crippen LogP contribution in [0.5, 0.6) is 0 Å². The molecule has 1 aliphatic heterocycles. The quantitative estimate of drug-likeness (QED) is 0.751. The van der Waals surface area contributed by atoms with Gasteiger partial charge in [0.2, 0.25) is 5.91 Å². The minimum absolute atomic E-state index is 0.207. The fourth-order valence-corrected chi connectivity index (χ4v) is 2.13. The topological polar surface area (TPSA) is 102 Å². The standard InChI is InChI=1S/C11H13ClN4O2/c12-9-3-7(8(13)4-15-9)11(18)16-2-1-6(5-16)10(14)17/h3-4,6H,1-2,5,13H2,(H2,14,17). The number of nitrogens with two attached hydrogens (primary N) is 2. The average Bonchev–Trinajstić information content (AvgIpc) is 2.81. The van der Waals surface area contributed by atoms with Crippen LogP contribution in [0.3, 0.4) is 0 Å². The van der Waals surface area contributed by atoms with Crippen LogP contribution in [-0.4, -0.2) is 34.8 Å². The van der Waals surface area contributed by atoms with Crippen LogP contribution in [0.2, 0.25) is 5.15 Å². The third kappa shape index (κ3) is 2.38. The number of primary amides is 1. The fraction of sp³-hybridized carbons (Fsp3) is 0.364. The number of carbonyl (C=O) groups excluding carboxylic acids is 2. The molecule has 0 spiro atoms. The summed E-state index contributed by atoms with van der Waals surface area (Å²) in [7, 11) is 0. The number of nitrogens with zero attached hydrogens (tertiary/aromatic N) is 2. The Morgan fingerprint density at radius 2 is 2.22 bits per heavy atom. The number of pyridine rings is 1. The Kier molecular flexibility index (Phi) is 3.38. The molecule has 1 aromatic rings. The molecule has 2 amide bonds. The van der Waals surface area contributed by atoms with Gasteiger partial charge in [-0.1, -0.05) is 11.6 Å². The van der Waals surface area contributed by atoms with Crippen LogP contribution in [-0.2, 0) is 4.79 Å². The summed E-state index contributed by atoms with van der Waals surface area (Å²) in [4.78, 5) is 28.6. The third-order valence-corrected chi connectivity index (χ3v) is 3.22. The summed E-state index contributed by atoms with van der Waals surface area (Å²) in [6.45, 7) is 0.819. The van der Waals surface area contributed by atoms with Crippen molar-refractivity contribution in [1.82, 2.24) is 9.88 Å². The first kappa shape index (κ1) is 12.6. The number of carbonyl (C=O) groups is 2. The van der Waals surface area contributed by atoms with E-state index in [0.29, 0.717) is 25.1 Å². The van der Waals surface area contributed by atoms with Crippen LogP contribution in [0.1, 0.15) is 16.8 Å². The van der Waals surface area contributed by atoms with Crippen LogP contribution in [0, 0.1) is 5.92 Å². The first-order valence-electron chi connectivity index (χ1n) is 5.48. The van der Waals surface area contributed by atoms with Gasteiger partial charge in [-0.05, 0) is 12.5 Å². The van der Waals surface area contributed by atoms with Crippen LogP contribution < -0.4 is 11.5 Å². The van der Waals surface area contributed by atoms with E-state index in [4.69, 9.17) is 23.1 Å². The number of aromatic nitrogens is 1. The highest BCUT2D eigenvalue weighted by molar-refractivity contribution is 6.29. The van der Waals surface area contributed by atoms with E-state index in [9.17, 15) is 9.59 Å². The van der Waals surface area contributed by atoms with Gasteiger partial charge in [0.1, 0.15) is 5.15 Å². The smallest absolute Gasteiger partial charge is 0.256 e. The molecule has 0 saturated carbocycles. The molecule has 1 saturated heterocycles. The summed E-state index contributed by atoms with van der Waals surface area (Å²) in [6, 6.07) is 1.43. The molecule has 1 fully saturated rings. The van der Waals surface area contributed by atoms with Gasteiger partial charge in [-0.15, -0.1) is 0 Å². The lowest BCUT2D eigenvalue weighted by atomic mass is 10.1. The Labute approximate surface area is 109 Å².